The second-order valence-electron chi connectivity index (χ2n) is 9.50. The van der Waals surface area contributed by atoms with E-state index in [2.05, 4.69) is 0 Å². The number of benzene rings is 3. The highest BCUT2D eigenvalue weighted by Gasteiger charge is 2.57. The number of carbonyl (C=O) groups excluding carboxylic acids is 2. The molecule has 8 heteroatoms. The molecule has 0 bridgehead atoms. The topological polar surface area (TPSA) is 53.1 Å². The molecule has 1 spiro atoms. The van der Waals surface area contributed by atoms with Gasteiger partial charge < -0.3 is 9.64 Å². The zero-order valence-corrected chi connectivity index (χ0v) is 20.3. The number of nitrogens with zero attached hydrogens (tertiary/aromatic N) is 3. The molecule has 0 aromatic heterocycles. The van der Waals surface area contributed by atoms with Crippen molar-refractivity contribution in [3.63, 3.8) is 0 Å². The molecule has 0 saturated carbocycles. The number of hydrogen-bond acceptors (Lipinski definition) is 4. The molecule has 36 heavy (non-hydrogen) atoms. The number of rotatable bonds is 7. The van der Waals surface area contributed by atoms with Crippen LogP contribution in [0, 0.1) is 11.6 Å². The Morgan fingerprint density at radius 2 is 1.67 bits per heavy atom. The zero-order chi connectivity index (χ0) is 25.3. The third-order valence-electron chi connectivity index (χ3n) is 7.43. The third kappa shape index (κ3) is 4.35. The van der Waals surface area contributed by atoms with Crippen LogP contribution >= 0.6 is 0 Å². The summed E-state index contributed by atoms with van der Waals surface area (Å²) in [5, 5.41) is 2.06. The summed E-state index contributed by atoms with van der Waals surface area (Å²) >= 11 is 0. The van der Waals surface area contributed by atoms with E-state index in [9.17, 15) is 18.4 Å². The number of carbonyl (C=O) groups is 2. The molecular formula is C28H29F2N3O3. The summed E-state index contributed by atoms with van der Waals surface area (Å²) in [7, 11) is 1.57. The monoisotopic (exact) mass is 493 g/mol. The van der Waals surface area contributed by atoms with E-state index in [1.165, 1.54) is 11.0 Å². The van der Waals surface area contributed by atoms with Gasteiger partial charge in [0.2, 0.25) is 0 Å². The first-order valence-electron chi connectivity index (χ1n) is 12.2. The quantitative estimate of drug-likeness (QED) is 0.453. The van der Waals surface area contributed by atoms with Crippen LogP contribution in [-0.2, 0) is 22.6 Å². The van der Waals surface area contributed by atoms with Gasteiger partial charge in [-0.1, -0.05) is 42.5 Å². The van der Waals surface area contributed by atoms with Gasteiger partial charge in [-0.15, -0.1) is 0 Å². The minimum Gasteiger partial charge on any atom is -0.383 e. The predicted octanol–water partition coefficient (Wildman–Crippen LogP) is 4.56. The van der Waals surface area contributed by atoms with Crippen LogP contribution in [0.1, 0.15) is 24.0 Å². The number of piperidine rings is 1. The van der Waals surface area contributed by atoms with Crippen molar-refractivity contribution in [3.05, 3.63) is 83.4 Å². The molecule has 3 aromatic rings. The molecule has 2 fully saturated rings. The molecule has 0 unspecified atom stereocenters. The van der Waals surface area contributed by atoms with Crippen molar-refractivity contribution in [2.24, 2.45) is 0 Å². The van der Waals surface area contributed by atoms with Crippen molar-refractivity contribution in [1.29, 1.82) is 0 Å². The summed E-state index contributed by atoms with van der Waals surface area (Å²) in [5.74, 6) is -1.13. The van der Waals surface area contributed by atoms with E-state index in [-0.39, 0.29) is 30.6 Å². The molecule has 0 radical (unpaired) electrons. The van der Waals surface area contributed by atoms with E-state index in [0.29, 0.717) is 39.1 Å². The Hall–Kier alpha value is -3.36. The van der Waals surface area contributed by atoms with E-state index in [1.54, 1.807) is 12.0 Å². The highest BCUT2D eigenvalue weighted by Crippen LogP contribution is 2.38. The second kappa shape index (κ2) is 9.95. The van der Waals surface area contributed by atoms with Crippen LogP contribution in [0.5, 0.6) is 0 Å². The van der Waals surface area contributed by atoms with E-state index < -0.39 is 17.2 Å². The van der Waals surface area contributed by atoms with Gasteiger partial charge in [0.25, 0.3) is 5.91 Å². The second-order valence-corrected chi connectivity index (χ2v) is 9.50. The molecule has 3 amide bonds. The molecule has 2 saturated heterocycles. The number of hydrogen-bond donors (Lipinski definition) is 0. The Morgan fingerprint density at radius 1 is 0.917 bits per heavy atom. The van der Waals surface area contributed by atoms with Crippen LogP contribution in [0.3, 0.4) is 0 Å². The Labute approximate surface area is 209 Å². The molecule has 5 rings (SSSR count). The number of likely N-dealkylation sites (tertiary alicyclic amines) is 1. The van der Waals surface area contributed by atoms with Crippen molar-refractivity contribution >= 4 is 22.7 Å². The van der Waals surface area contributed by atoms with Crippen LogP contribution in [0.4, 0.5) is 13.6 Å². The Bertz CT molecular complexity index is 1280. The van der Waals surface area contributed by atoms with Gasteiger partial charge in [0.05, 0.1) is 13.2 Å². The van der Waals surface area contributed by atoms with E-state index in [4.69, 9.17) is 4.74 Å². The van der Waals surface area contributed by atoms with Crippen LogP contribution in [0.15, 0.2) is 60.7 Å². The predicted molar refractivity (Wildman–Crippen MR) is 132 cm³/mol. The first-order chi connectivity index (χ1) is 17.4. The maximum atomic E-state index is 14.2. The first-order valence-corrected chi connectivity index (χ1v) is 12.2. The Kier molecular flexibility index (Phi) is 6.73. The lowest BCUT2D eigenvalue weighted by molar-refractivity contribution is -0.136. The molecule has 0 aliphatic carbocycles. The molecule has 3 aromatic carbocycles. The molecule has 2 aliphatic rings. The van der Waals surface area contributed by atoms with Crippen LogP contribution in [-0.4, -0.2) is 65.5 Å². The lowest BCUT2D eigenvalue weighted by Crippen LogP contribution is -2.57. The van der Waals surface area contributed by atoms with Gasteiger partial charge in [0.15, 0.2) is 0 Å². The number of fused-ring (bicyclic) bond motifs is 1. The summed E-state index contributed by atoms with van der Waals surface area (Å²) in [5.41, 5.74) is 0.239. The summed E-state index contributed by atoms with van der Waals surface area (Å²) in [4.78, 5) is 32.4. The minimum atomic E-state index is -0.961. The summed E-state index contributed by atoms with van der Waals surface area (Å²) in [6.45, 7) is 2.05. The average Bonchev–Trinajstić information content (AvgIpc) is 3.07. The number of amides is 3. The standard InChI is InChI=1S/C28H29F2N3O3/c1-36-16-15-33-27(35)32(19-21-7-4-6-20-5-2-3-8-24(20)21)26(34)28(33)11-13-31(14-12-28)18-22-17-23(29)9-10-25(22)30/h2-10,17H,11-16,18-19H2,1H3. The number of halogens is 2. The number of methoxy groups -OCH3 is 1. The van der Waals surface area contributed by atoms with E-state index >= 15 is 0 Å². The molecular weight excluding hydrogens is 464 g/mol. The molecule has 2 aliphatic heterocycles. The van der Waals surface area contributed by atoms with Crippen molar-refractivity contribution in [2.75, 3.05) is 33.4 Å². The van der Waals surface area contributed by atoms with Gasteiger partial charge >= 0.3 is 6.03 Å². The average molecular weight is 494 g/mol. The Morgan fingerprint density at radius 3 is 2.44 bits per heavy atom. The summed E-state index contributed by atoms with van der Waals surface area (Å²) < 4.78 is 33.1. The highest BCUT2D eigenvalue weighted by molar-refractivity contribution is 6.07. The van der Waals surface area contributed by atoms with Crippen molar-refractivity contribution < 1.29 is 23.1 Å². The summed E-state index contributed by atoms with van der Waals surface area (Å²) in [6, 6.07) is 16.9. The van der Waals surface area contributed by atoms with Crippen molar-refractivity contribution in [3.8, 4) is 0 Å². The molecule has 2 heterocycles. The minimum absolute atomic E-state index is 0.197. The van der Waals surface area contributed by atoms with Gasteiger partial charge in [-0.05, 0) is 47.4 Å². The van der Waals surface area contributed by atoms with Gasteiger partial charge in [-0.3, -0.25) is 14.6 Å². The smallest absolute Gasteiger partial charge is 0.328 e. The lowest BCUT2D eigenvalue weighted by atomic mass is 9.85. The molecule has 188 valence electrons. The van der Waals surface area contributed by atoms with Crippen LogP contribution in [0.2, 0.25) is 0 Å². The maximum absolute atomic E-state index is 14.2. The number of ether oxygens (including phenoxy) is 1. The van der Waals surface area contributed by atoms with Gasteiger partial charge in [0, 0.05) is 38.9 Å². The highest BCUT2D eigenvalue weighted by atomic mass is 19.1. The van der Waals surface area contributed by atoms with Crippen molar-refractivity contribution in [2.45, 2.75) is 31.5 Å². The summed E-state index contributed by atoms with van der Waals surface area (Å²) in [6.07, 6.45) is 0.842. The van der Waals surface area contributed by atoms with E-state index in [1.807, 2.05) is 47.4 Å². The largest absolute Gasteiger partial charge is 0.383 e. The number of imide groups is 1. The fraction of sp³-hybridized carbons (Fsp3) is 0.357. The van der Waals surface area contributed by atoms with Crippen LogP contribution in [0.25, 0.3) is 10.8 Å². The molecule has 6 nitrogen and oxygen atoms in total. The SMILES string of the molecule is COCCN1C(=O)N(Cc2cccc3ccccc23)C(=O)C12CCN(Cc1cc(F)ccc1F)CC2. The number of urea groups is 1. The van der Waals surface area contributed by atoms with Gasteiger partial charge in [-0.2, -0.15) is 0 Å². The first kappa shape index (κ1) is 24.3. The molecule has 0 atom stereocenters. The molecule has 0 N–H and O–H groups in total. The zero-order valence-electron chi connectivity index (χ0n) is 20.3. The Balaban J connectivity index is 1.38. The maximum Gasteiger partial charge on any atom is 0.328 e. The van der Waals surface area contributed by atoms with Gasteiger partial charge in [0.1, 0.15) is 17.2 Å². The van der Waals surface area contributed by atoms with Crippen molar-refractivity contribution in [1.82, 2.24) is 14.7 Å². The van der Waals surface area contributed by atoms with Gasteiger partial charge in [-0.25, -0.2) is 13.6 Å². The third-order valence-corrected chi connectivity index (χ3v) is 7.43. The fourth-order valence-electron chi connectivity index (χ4n) is 5.48. The fourth-order valence-corrected chi connectivity index (χ4v) is 5.48. The van der Waals surface area contributed by atoms with E-state index in [0.717, 1.165) is 28.5 Å². The normalized spacial score (nSPS) is 18.1. The van der Waals surface area contributed by atoms with Crippen LogP contribution < -0.4 is 0 Å². The lowest BCUT2D eigenvalue weighted by Gasteiger charge is -2.42.